The summed E-state index contributed by atoms with van der Waals surface area (Å²) in [6.07, 6.45) is 4.43. The second-order valence-electron chi connectivity index (χ2n) is 5.96. The van der Waals surface area contributed by atoms with Gasteiger partial charge in [0.25, 0.3) is 5.91 Å². The van der Waals surface area contributed by atoms with Crippen molar-refractivity contribution in [1.29, 1.82) is 0 Å². The summed E-state index contributed by atoms with van der Waals surface area (Å²) in [4.78, 5) is 25.1. The van der Waals surface area contributed by atoms with Crippen LogP contribution in [0.5, 0.6) is 0 Å². The molecule has 1 aliphatic rings. The lowest BCUT2D eigenvalue weighted by Gasteiger charge is -2.20. The summed E-state index contributed by atoms with van der Waals surface area (Å²) in [5, 5.41) is 11.6. The van der Waals surface area contributed by atoms with Gasteiger partial charge in [-0.3, -0.25) is 4.79 Å². The Kier molecular flexibility index (Phi) is 4.18. The molecule has 0 spiro atoms. The van der Waals surface area contributed by atoms with Gasteiger partial charge in [-0.05, 0) is 50.7 Å². The zero-order valence-electron chi connectivity index (χ0n) is 12.2. The standard InChI is InChI=1S/C15H21NO3S/c1-4-9-5-6-11-10(7-9)8-12(20-11)13(17)16-15(2,3)14(18)19/h8-9H,4-7H2,1-3H3,(H,16,17)(H,18,19). The molecule has 0 fully saturated rings. The third-order valence-electron chi connectivity index (χ3n) is 3.95. The summed E-state index contributed by atoms with van der Waals surface area (Å²) in [5.41, 5.74) is 0.0273. The van der Waals surface area contributed by atoms with Crippen molar-refractivity contribution in [1.82, 2.24) is 5.32 Å². The topological polar surface area (TPSA) is 66.4 Å². The lowest BCUT2D eigenvalue weighted by Crippen LogP contribution is -2.49. The number of nitrogens with one attached hydrogen (secondary N) is 1. The number of fused-ring (bicyclic) bond motifs is 1. The summed E-state index contributed by atoms with van der Waals surface area (Å²) >= 11 is 1.50. The van der Waals surface area contributed by atoms with Crippen LogP contribution in [-0.2, 0) is 17.6 Å². The lowest BCUT2D eigenvalue weighted by atomic mass is 9.87. The minimum atomic E-state index is -1.24. The average molecular weight is 295 g/mol. The minimum Gasteiger partial charge on any atom is -0.480 e. The van der Waals surface area contributed by atoms with Gasteiger partial charge in [0.2, 0.25) is 0 Å². The van der Waals surface area contributed by atoms with Crippen molar-refractivity contribution in [2.24, 2.45) is 5.92 Å². The zero-order valence-corrected chi connectivity index (χ0v) is 13.0. The maximum Gasteiger partial charge on any atom is 0.328 e. The van der Waals surface area contributed by atoms with Crippen LogP contribution >= 0.6 is 11.3 Å². The highest BCUT2D eigenvalue weighted by Crippen LogP contribution is 2.33. The quantitative estimate of drug-likeness (QED) is 0.897. The first-order valence-corrected chi connectivity index (χ1v) is 7.82. The molecule has 0 saturated carbocycles. The third kappa shape index (κ3) is 3.03. The Morgan fingerprint density at radius 3 is 2.80 bits per heavy atom. The van der Waals surface area contributed by atoms with Crippen molar-refractivity contribution < 1.29 is 14.7 Å². The molecule has 0 bridgehead atoms. The summed E-state index contributed by atoms with van der Waals surface area (Å²) in [5.74, 6) is -0.605. The van der Waals surface area contributed by atoms with Crippen LogP contribution in [0.4, 0.5) is 0 Å². The Labute approximate surface area is 123 Å². The number of carboxylic acids is 1. The molecule has 1 unspecified atom stereocenters. The van der Waals surface area contributed by atoms with Crippen molar-refractivity contribution in [3.05, 3.63) is 21.4 Å². The number of rotatable bonds is 4. The van der Waals surface area contributed by atoms with Crippen molar-refractivity contribution >= 4 is 23.2 Å². The molecule has 1 amide bonds. The van der Waals surface area contributed by atoms with E-state index in [4.69, 9.17) is 5.11 Å². The van der Waals surface area contributed by atoms with Crippen LogP contribution in [-0.4, -0.2) is 22.5 Å². The Bertz CT molecular complexity index is 533. The molecule has 2 N–H and O–H groups in total. The first kappa shape index (κ1) is 15.0. The number of hydrogen-bond donors (Lipinski definition) is 2. The smallest absolute Gasteiger partial charge is 0.328 e. The van der Waals surface area contributed by atoms with E-state index >= 15 is 0 Å². The van der Waals surface area contributed by atoms with Crippen LogP contribution in [0.3, 0.4) is 0 Å². The van der Waals surface area contributed by atoms with Gasteiger partial charge in [-0.15, -0.1) is 11.3 Å². The van der Waals surface area contributed by atoms with Crippen LogP contribution < -0.4 is 5.32 Å². The van der Waals surface area contributed by atoms with E-state index in [-0.39, 0.29) is 5.91 Å². The molecular formula is C15H21NO3S. The predicted molar refractivity (Wildman–Crippen MR) is 79.3 cm³/mol. The molecule has 0 saturated heterocycles. The Morgan fingerprint density at radius 1 is 1.50 bits per heavy atom. The molecule has 20 heavy (non-hydrogen) atoms. The van der Waals surface area contributed by atoms with Gasteiger partial charge in [0, 0.05) is 4.88 Å². The molecule has 2 rings (SSSR count). The summed E-state index contributed by atoms with van der Waals surface area (Å²) in [6.45, 7) is 5.19. The number of carboxylic acid groups (broad SMARTS) is 1. The molecule has 1 aromatic rings. The minimum absolute atomic E-state index is 0.287. The molecule has 0 aromatic carbocycles. The van der Waals surface area contributed by atoms with Crippen molar-refractivity contribution in [3.8, 4) is 0 Å². The highest BCUT2D eigenvalue weighted by atomic mass is 32.1. The van der Waals surface area contributed by atoms with Crippen LogP contribution in [0, 0.1) is 5.92 Å². The fourth-order valence-corrected chi connectivity index (χ4v) is 3.56. The van der Waals surface area contributed by atoms with E-state index in [2.05, 4.69) is 12.2 Å². The van der Waals surface area contributed by atoms with Gasteiger partial charge in [0.05, 0.1) is 4.88 Å². The van der Waals surface area contributed by atoms with Gasteiger partial charge >= 0.3 is 5.97 Å². The maximum absolute atomic E-state index is 12.2. The molecule has 1 atom stereocenters. The lowest BCUT2D eigenvalue weighted by molar-refractivity contribution is -0.143. The molecule has 4 nitrogen and oxygen atoms in total. The van der Waals surface area contributed by atoms with Crippen LogP contribution in [0.15, 0.2) is 6.07 Å². The second kappa shape index (κ2) is 5.56. The van der Waals surface area contributed by atoms with Gasteiger partial charge in [-0.1, -0.05) is 13.3 Å². The Morgan fingerprint density at radius 2 is 2.20 bits per heavy atom. The van der Waals surface area contributed by atoms with Gasteiger partial charge in [-0.25, -0.2) is 4.79 Å². The molecular weight excluding hydrogens is 274 g/mol. The van der Waals surface area contributed by atoms with E-state index < -0.39 is 11.5 Å². The molecule has 1 aliphatic carbocycles. The SMILES string of the molecule is CCC1CCc2sc(C(=O)NC(C)(C)C(=O)O)cc2C1. The first-order chi connectivity index (χ1) is 9.33. The van der Waals surface area contributed by atoms with Crippen molar-refractivity contribution in [2.45, 2.75) is 52.0 Å². The van der Waals surface area contributed by atoms with E-state index in [0.29, 0.717) is 10.8 Å². The molecule has 0 aliphatic heterocycles. The fourth-order valence-electron chi connectivity index (χ4n) is 2.46. The molecule has 110 valence electrons. The van der Waals surface area contributed by atoms with E-state index in [1.54, 1.807) is 0 Å². The number of aliphatic carboxylic acids is 1. The van der Waals surface area contributed by atoms with E-state index in [1.807, 2.05) is 6.07 Å². The number of aryl methyl sites for hydroxylation is 1. The first-order valence-electron chi connectivity index (χ1n) is 7.01. The number of thiophene rings is 1. The molecule has 0 radical (unpaired) electrons. The highest BCUT2D eigenvalue weighted by molar-refractivity contribution is 7.14. The van der Waals surface area contributed by atoms with Crippen LogP contribution in [0.25, 0.3) is 0 Å². The Hall–Kier alpha value is -1.36. The van der Waals surface area contributed by atoms with Gasteiger partial charge in [0.15, 0.2) is 0 Å². The Balaban J connectivity index is 2.13. The van der Waals surface area contributed by atoms with Crippen molar-refractivity contribution in [3.63, 3.8) is 0 Å². The third-order valence-corrected chi connectivity index (χ3v) is 5.18. The summed E-state index contributed by atoms with van der Waals surface area (Å²) in [6, 6.07) is 1.94. The van der Waals surface area contributed by atoms with Crippen LogP contribution in [0.1, 0.15) is 53.7 Å². The average Bonchev–Trinajstić information content (AvgIpc) is 2.80. The van der Waals surface area contributed by atoms with Crippen molar-refractivity contribution in [2.75, 3.05) is 0 Å². The second-order valence-corrected chi connectivity index (χ2v) is 7.10. The number of carbonyl (C=O) groups is 2. The normalized spacial score (nSPS) is 18.4. The fraction of sp³-hybridized carbons (Fsp3) is 0.600. The number of hydrogen-bond acceptors (Lipinski definition) is 3. The van der Waals surface area contributed by atoms with E-state index in [9.17, 15) is 9.59 Å². The molecule has 1 aromatic heterocycles. The molecule has 1 heterocycles. The highest BCUT2D eigenvalue weighted by Gasteiger charge is 2.30. The monoisotopic (exact) mass is 295 g/mol. The summed E-state index contributed by atoms with van der Waals surface area (Å²) < 4.78 is 0. The van der Waals surface area contributed by atoms with E-state index in [1.165, 1.54) is 48.5 Å². The van der Waals surface area contributed by atoms with Gasteiger partial charge < -0.3 is 10.4 Å². The largest absolute Gasteiger partial charge is 0.480 e. The predicted octanol–water partition coefficient (Wildman–Crippen LogP) is 2.86. The maximum atomic E-state index is 12.2. The van der Waals surface area contributed by atoms with Gasteiger partial charge in [0.1, 0.15) is 5.54 Å². The van der Waals surface area contributed by atoms with Gasteiger partial charge in [-0.2, -0.15) is 0 Å². The zero-order chi connectivity index (χ0) is 14.9. The van der Waals surface area contributed by atoms with E-state index in [0.717, 1.165) is 12.8 Å². The summed E-state index contributed by atoms with van der Waals surface area (Å²) in [7, 11) is 0. The number of carbonyl (C=O) groups excluding carboxylic acids is 1. The number of amides is 1. The molecule has 5 heteroatoms. The van der Waals surface area contributed by atoms with Crippen LogP contribution in [0.2, 0.25) is 0 Å².